The summed E-state index contributed by atoms with van der Waals surface area (Å²) in [5, 5.41) is 0.646. The highest BCUT2D eigenvalue weighted by molar-refractivity contribution is 7.94. The summed E-state index contributed by atoms with van der Waals surface area (Å²) in [4.78, 5) is 0. The fourth-order valence-electron chi connectivity index (χ4n) is 1.33. The average molecular weight is 240 g/mol. The number of rotatable bonds is 2. The van der Waals surface area contributed by atoms with Crippen LogP contribution in [0.3, 0.4) is 0 Å². The molecule has 0 unspecified atom stereocenters. The monoisotopic (exact) mass is 240 g/mol. The second kappa shape index (κ2) is 3.61. The fraction of sp³-hybridized carbons (Fsp3) is 0.273. The van der Waals surface area contributed by atoms with E-state index in [2.05, 4.69) is 0 Å². The SMILES string of the molecule is CC(C)S(=O)(=O)c1cc2ccccc2s1. The molecule has 0 N–H and O–H groups in total. The Kier molecular flexibility index (Phi) is 2.56. The van der Waals surface area contributed by atoms with Crippen molar-refractivity contribution < 1.29 is 8.42 Å². The number of benzene rings is 1. The van der Waals surface area contributed by atoms with Crippen LogP contribution in [0, 0.1) is 0 Å². The second-order valence-electron chi connectivity index (χ2n) is 3.70. The van der Waals surface area contributed by atoms with E-state index < -0.39 is 9.84 Å². The van der Waals surface area contributed by atoms with Crippen LogP contribution in [0.15, 0.2) is 34.5 Å². The van der Waals surface area contributed by atoms with Gasteiger partial charge in [-0.3, -0.25) is 0 Å². The average Bonchev–Trinajstić information content (AvgIpc) is 2.61. The smallest absolute Gasteiger partial charge is 0.190 e. The van der Waals surface area contributed by atoms with Crippen molar-refractivity contribution >= 4 is 31.3 Å². The summed E-state index contributed by atoms with van der Waals surface area (Å²) in [6.07, 6.45) is 0. The summed E-state index contributed by atoms with van der Waals surface area (Å²) >= 11 is 1.34. The third kappa shape index (κ3) is 1.79. The van der Waals surface area contributed by atoms with E-state index in [1.165, 1.54) is 11.3 Å². The van der Waals surface area contributed by atoms with Gasteiger partial charge in [0.05, 0.1) is 5.25 Å². The first-order valence-corrected chi connectivity index (χ1v) is 7.10. The molecule has 0 aliphatic carbocycles. The van der Waals surface area contributed by atoms with Crippen molar-refractivity contribution in [1.29, 1.82) is 0 Å². The van der Waals surface area contributed by atoms with Crippen LogP contribution in [-0.2, 0) is 9.84 Å². The zero-order chi connectivity index (χ0) is 11.1. The van der Waals surface area contributed by atoms with Gasteiger partial charge >= 0.3 is 0 Å². The highest BCUT2D eigenvalue weighted by atomic mass is 32.2. The fourth-order valence-corrected chi connectivity index (χ4v) is 4.19. The molecule has 2 aromatic rings. The topological polar surface area (TPSA) is 34.1 Å². The number of sulfone groups is 1. The molecule has 2 rings (SSSR count). The maximum Gasteiger partial charge on any atom is 0.190 e. The number of thiophene rings is 1. The van der Waals surface area contributed by atoms with E-state index in [9.17, 15) is 8.42 Å². The van der Waals surface area contributed by atoms with Crippen molar-refractivity contribution in [2.75, 3.05) is 0 Å². The van der Waals surface area contributed by atoms with Crippen LogP contribution in [0.25, 0.3) is 10.1 Å². The van der Waals surface area contributed by atoms with E-state index >= 15 is 0 Å². The molecule has 80 valence electrons. The van der Waals surface area contributed by atoms with Gasteiger partial charge in [0.25, 0.3) is 0 Å². The largest absolute Gasteiger partial charge is 0.223 e. The molecule has 2 nitrogen and oxygen atoms in total. The van der Waals surface area contributed by atoms with Gasteiger partial charge in [-0.1, -0.05) is 18.2 Å². The van der Waals surface area contributed by atoms with Gasteiger partial charge in [0, 0.05) is 4.70 Å². The molecule has 0 aliphatic rings. The third-order valence-corrected chi connectivity index (χ3v) is 6.08. The van der Waals surface area contributed by atoms with E-state index in [1.807, 2.05) is 24.3 Å². The van der Waals surface area contributed by atoms with Crippen molar-refractivity contribution in [1.82, 2.24) is 0 Å². The molecule has 0 saturated heterocycles. The Morgan fingerprint density at radius 3 is 2.47 bits per heavy atom. The number of fused-ring (bicyclic) bond motifs is 1. The van der Waals surface area contributed by atoms with E-state index in [1.54, 1.807) is 19.9 Å². The summed E-state index contributed by atoms with van der Waals surface area (Å²) < 4.78 is 25.3. The minimum atomic E-state index is -3.12. The summed E-state index contributed by atoms with van der Waals surface area (Å²) in [5.41, 5.74) is 0. The van der Waals surface area contributed by atoms with Gasteiger partial charge in [0.15, 0.2) is 9.84 Å². The lowest BCUT2D eigenvalue weighted by molar-refractivity contribution is 0.589. The van der Waals surface area contributed by atoms with Crippen LogP contribution in [0.1, 0.15) is 13.8 Å². The number of hydrogen-bond acceptors (Lipinski definition) is 3. The van der Waals surface area contributed by atoms with Crippen molar-refractivity contribution in [2.24, 2.45) is 0 Å². The Labute approximate surface area is 93.5 Å². The van der Waals surface area contributed by atoms with E-state index in [0.717, 1.165) is 10.1 Å². The minimum Gasteiger partial charge on any atom is -0.223 e. The molecule has 0 aliphatic heterocycles. The minimum absolute atomic E-state index is 0.356. The maximum absolute atomic E-state index is 11.9. The molecular weight excluding hydrogens is 228 g/mol. The zero-order valence-electron chi connectivity index (χ0n) is 8.60. The van der Waals surface area contributed by atoms with Crippen LogP contribution >= 0.6 is 11.3 Å². The molecule has 0 spiro atoms. The lowest BCUT2D eigenvalue weighted by atomic mass is 10.3. The van der Waals surface area contributed by atoms with Crippen molar-refractivity contribution in [3.05, 3.63) is 30.3 Å². The summed E-state index contributed by atoms with van der Waals surface area (Å²) in [6, 6.07) is 9.48. The predicted octanol–water partition coefficient (Wildman–Crippen LogP) is 3.08. The molecule has 1 aromatic heterocycles. The Balaban J connectivity index is 2.64. The summed E-state index contributed by atoms with van der Waals surface area (Å²) in [6.45, 7) is 3.42. The first-order valence-electron chi connectivity index (χ1n) is 4.74. The quantitative estimate of drug-likeness (QED) is 0.808. The molecule has 1 aromatic carbocycles. The summed E-state index contributed by atoms with van der Waals surface area (Å²) in [5.74, 6) is 0. The van der Waals surface area contributed by atoms with Crippen LogP contribution < -0.4 is 0 Å². The van der Waals surface area contributed by atoms with Gasteiger partial charge in [-0.2, -0.15) is 0 Å². The molecular formula is C11H12O2S2. The Morgan fingerprint density at radius 2 is 1.87 bits per heavy atom. The standard InChI is InChI=1S/C11H12O2S2/c1-8(2)15(12,13)11-7-9-5-3-4-6-10(9)14-11/h3-8H,1-2H3. The van der Waals surface area contributed by atoms with Crippen LogP contribution in [0.5, 0.6) is 0 Å². The van der Waals surface area contributed by atoms with E-state index in [4.69, 9.17) is 0 Å². The van der Waals surface area contributed by atoms with Gasteiger partial charge < -0.3 is 0 Å². The molecule has 0 radical (unpaired) electrons. The van der Waals surface area contributed by atoms with Crippen LogP contribution in [0.4, 0.5) is 0 Å². The first kappa shape index (κ1) is 10.6. The van der Waals surface area contributed by atoms with Gasteiger partial charge in [0.1, 0.15) is 4.21 Å². The Hall–Kier alpha value is -0.870. The van der Waals surface area contributed by atoms with Gasteiger partial charge in [-0.15, -0.1) is 11.3 Å². The highest BCUT2D eigenvalue weighted by Crippen LogP contribution is 2.30. The van der Waals surface area contributed by atoms with Crippen LogP contribution in [0.2, 0.25) is 0 Å². The molecule has 15 heavy (non-hydrogen) atoms. The first-order chi connectivity index (χ1) is 7.01. The lowest BCUT2D eigenvalue weighted by Crippen LogP contribution is -2.12. The zero-order valence-corrected chi connectivity index (χ0v) is 10.2. The second-order valence-corrected chi connectivity index (χ2v) is 7.51. The lowest BCUT2D eigenvalue weighted by Gasteiger charge is -2.03. The van der Waals surface area contributed by atoms with Crippen molar-refractivity contribution in [2.45, 2.75) is 23.3 Å². The van der Waals surface area contributed by atoms with Crippen molar-refractivity contribution in [3.8, 4) is 0 Å². The molecule has 0 bridgehead atoms. The normalized spacial score (nSPS) is 12.5. The molecule has 1 heterocycles. The summed E-state index contributed by atoms with van der Waals surface area (Å²) in [7, 11) is -3.12. The Bertz CT molecular complexity index is 546. The predicted molar refractivity (Wildman–Crippen MR) is 64.1 cm³/mol. The molecule has 0 atom stereocenters. The highest BCUT2D eigenvalue weighted by Gasteiger charge is 2.21. The third-order valence-electron chi connectivity index (χ3n) is 2.30. The van der Waals surface area contributed by atoms with E-state index in [0.29, 0.717) is 4.21 Å². The molecule has 0 amide bonds. The van der Waals surface area contributed by atoms with Gasteiger partial charge in [-0.25, -0.2) is 8.42 Å². The van der Waals surface area contributed by atoms with Gasteiger partial charge in [0.2, 0.25) is 0 Å². The van der Waals surface area contributed by atoms with Gasteiger partial charge in [-0.05, 0) is 31.4 Å². The van der Waals surface area contributed by atoms with Crippen molar-refractivity contribution in [3.63, 3.8) is 0 Å². The van der Waals surface area contributed by atoms with Crippen LogP contribution in [-0.4, -0.2) is 13.7 Å². The molecule has 0 fully saturated rings. The maximum atomic E-state index is 11.9. The molecule has 4 heteroatoms. The Morgan fingerprint density at radius 1 is 1.20 bits per heavy atom. The molecule has 0 saturated carbocycles. The number of hydrogen-bond donors (Lipinski definition) is 0. The van der Waals surface area contributed by atoms with E-state index in [-0.39, 0.29) is 5.25 Å².